The number of carbonyl (C=O) groups is 1. The molecular weight excluding hydrogens is 254 g/mol. The SMILES string of the molecule is CCN(c1cccc(C)c1)c1ncc(C(=O)O)cc1N. The lowest BCUT2D eigenvalue weighted by atomic mass is 10.2. The summed E-state index contributed by atoms with van der Waals surface area (Å²) in [6, 6.07) is 9.43. The van der Waals surface area contributed by atoms with E-state index in [0.717, 1.165) is 11.3 Å². The normalized spacial score (nSPS) is 10.3. The van der Waals surface area contributed by atoms with Gasteiger partial charge >= 0.3 is 5.97 Å². The van der Waals surface area contributed by atoms with Crippen LogP contribution in [-0.4, -0.2) is 22.6 Å². The fraction of sp³-hybridized carbons (Fsp3) is 0.200. The van der Waals surface area contributed by atoms with E-state index in [2.05, 4.69) is 4.98 Å². The van der Waals surface area contributed by atoms with Crippen LogP contribution in [-0.2, 0) is 0 Å². The van der Waals surface area contributed by atoms with Gasteiger partial charge in [0.1, 0.15) is 0 Å². The summed E-state index contributed by atoms with van der Waals surface area (Å²) in [5.74, 6) is -0.461. The van der Waals surface area contributed by atoms with Gasteiger partial charge in [-0.05, 0) is 37.6 Å². The van der Waals surface area contributed by atoms with Crippen molar-refractivity contribution < 1.29 is 9.90 Å². The van der Waals surface area contributed by atoms with Crippen LogP contribution in [0.25, 0.3) is 0 Å². The number of hydrogen-bond donors (Lipinski definition) is 2. The van der Waals surface area contributed by atoms with Gasteiger partial charge in [0.25, 0.3) is 0 Å². The molecule has 0 atom stereocenters. The molecule has 0 aliphatic carbocycles. The minimum absolute atomic E-state index is 0.0894. The first-order chi connectivity index (χ1) is 9.52. The molecule has 1 aromatic heterocycles. The van der Waals surface area contributed by atoms with E-state index in [1.165, 1.54) is 12.3 Å². The predicted octanol–water partition coefficient (Wildman–Crippen LogP) is 2.83. The molecule has 104 valence electrons. The maximum Gasteiger partial charge on any atom is 0.337 e. The molecular formula is C15H17N3O2. The molecule has 0 fully saturated rings. The van der Waals surface area contributed by atoms with Crippen molar-refractivity contribution in [1.82, 2.24) is 4.98 Å². The van der Waals surface area contributed by atoms with Gasteiger partial charge in [0.05, 0.1) is 11.3 Å². The number of carboxylic acid groups (broad SMARTS) is 1. The molecule has 5 nitrogen and oxygen atoms in total. The Kier molecular flexibility index (Phi) is 3.89. The first-order valence-electron chi connectivity index (χ1n) is 6.36. The number of anilines is 3. The number of nitrogens with two attached hydrogens (primary N) is 1. The number of carboxylic acids is 1. The van der Waals surface area contributed by atoms with Crippen molar-refractivity contribution in [1.29, 1.82) is 0 Å². The minimum Gasteiger partial charge on any atom is -0.478 e. The Morgan fingerprint density at radius 2 is 2.15 bits per heavy atom. The molecule has 0 bridgehead atoms. The zero-order valence-electron chi connectivity index (χ0n) is 11.5. The zero-order valence-corrected chi connectivity index (χ0v) is 11.5. The highest BCUT2D eigenvalue weighted by molar-refractivity contribution is 5.89. The smallest absolute Gasteiger partial charge is 0.337 e. The number of aryl methyl sites for hydroxylation is 1. The monoisotopic (exact) mass is 271 g/mol. The second-order valence-electron chi connectivity index (χ2n) is 4.53. The molecule has 1 aromatic carbocycles. The molecule has 2 aromatic rings. The van der Waals surface area contributed by atoms with E-state index in [1.807, 2.05) is 43.0 Å². The molecule has 2 rings (SSSR count). The van der Waals surface area contributed by atoms with Crippen molar-refractivity contribution >= 4 is 23.2 Å². The van der Waals surface area contributed by atoms with Crippen LogP contribution in [0, 0.1) is 6.92 Å². The van der Waals surface area contributed by atoms with Crippen molar-refractivity contribution in [3.05, 3.63) is 47.7 Å². The van der Waals surface area contributed by atoms with Crippen LogP contribution >= 0.6 is 0 Å². The van der Waals surface area contributed by atoms with Crippen LogP contribution in [0.5, 0.6) is 0 Å². The van der Waals surface area contributed by atoms with Crippen LogP contribution < -0.4 is 10.6 Å². The van der Waals surface area contributed by atoms with E-state index in [9.17, 15) is 4.79 Å². The van der Waals surface area contributed by atoms with Gasteiger partial charge in [0.15, 0.2) is 5.82 Å². The van der Waals surface area contributed by atoms with E-state index < -0.39 is 5.97 Å². The van der Waals surface area contributed by atoms with Crippen molar-refractivity contribution in [3.63, 3.8) is 0 Å². The van der Waals surface area contributed by atoms with Crippen LogP contribution in [0.2, 0.25) is 0 Å². The van der Waals surface area contributed by atoms with E-state index in [4.69, 9.17) is 10.8 Å². The third kappa shape index (κ3) is 2.71. The van der Waals surface area contributed by atoms with Crippen LogP contribution in [0.4, 0.5) is 17.2 Å². The number of nitrogens with zero attached hydrogens (tertiary/aromatic N) is 2. The highest BCUT2D eigenvalue weighted by atomic mass is 16.4. The first kappa shape index (κ1) is 13.9. The van der Waals surface area contributed by atoms with Crippen LogP contribution in [0.3, 0.4) is 0 Å². The summed E-state index contributed by atoms with van der Waals surface area (Å²) in [7, 11) is 0. The van der Waals surface area contributed by atoms with Gasteiger partial charge in [-0.25, -0.2) is 9.78 Å². The zero-order chi connectivity index (χ0) is 14.7. The van der Waals surface area contributed by atoms with Gasteiger partial charge < -0.3 is 15.7 Å². The summed E-state index contributed by atoms with van der Waals surface area (Å²) < 4.78 is 0. The third-order valence-electron chi connectivity index (χ3n) is 3.03. The quantitative estimate of drug-likeness (QED) is 0.893. The standard InChI is InChI=1S/C15H17N3O2/c1-3-18(12-6-4-5-10(2)7-12)14-13(16)8-11(9-17-14)15(19)20/h4-9H,3,16H2,1-2H3,(H,19,20). The summed E-state index contributed by atoms with van der Waals surface area (Å²) in [6.45, 7) is 4.70. The summed E-state index contributed by atoms with van der Waals surface area (Å²) >= 11 is 0. The van der Waals surface area contributed by atoms with Gasteiger partial charge in [-0.15, -0.1) is 0 Å². The molecule has 0 aliphatic heterocycles. The molecule has 0 aliphatic rings. The summed E-state index contributed by atoms with van der Waals surface area (Å²) in [5.41, 5.74) is 8.51. The van der Waals surface area contributed by atoms with Crippen molar-refractivity contribution in [2.75, 3.05) is 17.2 Å². The Morgan fingerprint density at radius 3 is 2.70 bits per heavy atom. The van der Waals surface area contributed by atoms with E-state index >= 15 is 0 Å². The lowest BCUT2D eigenvalue weighted by Crippen LogP contribution is -2.19. The van der Waals surface area contributed by atoms with E-state index in [-0.39, 0.29) is 5.56 Å². The lowest BCUT2D eigenvalue weighted by molar-refractivity contribution is 0.0696. The predicted molar refractivity (Wildman–Crippen MR) is 79.5 cm³/mol. The molecule has 5 heteroatoms. The van der Waals surface area contributed by atoms with Crippen molar-refractivity contribution in [2.24, 2.45) is 0 Å². The average molecular weight is 271 g/mol. The molecule has 20 heavy (non-hydrogen) atoms. The number of rotatable bonds is 4. The molecule has 0 unspecified atom stereocenters. The Bertz CT molecular complexity index is 641. The number of pyridine rings is 1. The largest absolute Gasteiger partial charge is 0.478 e. The Hall–Kier alpha value is -2.56. The molecule has 0 saturated carbocycles. The Balaban J connectivity index is 2.44. The maximum absolute atomic E-state index is 10.9. The average Bonchev–Trinajstić information content (AvgIpc) is 2.41. The van der Waals surface area contributed by atoms with Gasteiger partial charge in [-0.3, -0.25) is 0 Å². The van der Waals surface area contributed by atoms with Gasteiger partial charge in [-0.2, -0.15) is 0 Å². The number of benzene rings is 1. The highest BCUT2D eigenvalue weighted by Crippen LogP contribution is 2.29. The van der Waals surface area contributed by atoms with Crippen molar-refractivity contribution in [2.45, 2.75) is 13.8 Å². The number of nitrogen functional groups attached to an aromatic ring is 1. The van der Waals surface area contributed by atoms with Gasteiger partial charge in [0.2, 0.25) is 0 Å². The first-order valence-corrected chi connectivity index (χ1v) is 6.36. The van der Waals surface area contributed by atoms with Gasteiger partial charge in [-0.1, -0.05) is 12.1 Å². The van der Waals surface area contributed by atoms with Crippen molar-refractivity contribution in [3.8, 4) is 0 Å². The van der Waals surface area contributed by atoms with Gasteiger partial charge in [0, 0.05) is 18.4 Å². The second kappa shape index (κ2) is 5.61. The molecule has 0 saturated heterocycles. The summed E-state index contributed by atoms with van der Waals surface area (Å²) in [6.07, 6.45) is 1.33. The number of hydrogen-bond acceptors (Lipinski definition) is 4. The second-order valence-corrected chi connectivity index (χ2v) is 4.53. The molecule has 0 spiro atoms. The minimum atomic E-state index is -1.03. The maximum atomic E-state index is 10.9. The summed E-state index contributed by atoms with van der Waals surface area (Å²) in [4.78, 5) is 17.1. The topological polar surface area (TPSA) is 79.5 Å². The molecule has 1 heterocycles. The summed E-state index contributed by atoms with van der Waals surface area (Å²) in [5, 5.41) is 8.94. The van der Waals surface area contributed by atoms with Crippen LogP contribution in [0.1, 0.15) is 22.8 Å². The number of aromatic carboxylic acids is 1. The highest BCUT2D eigenvalue weighted by Gasteiger charge is 2.14. The van der Waals surface area contributed by atoms with E-state index in [1.54, 1.807) is 0 Å². The molecule has 0 radical (unpaired) electrons. The molecule has 0 amide bonds. The van der Waals surface area contributed by atoms with Crippen LogP contribution in [0.15, 0.2) is 36.5 Å². The Morgan fingerprint density at radius 1 is 1.40 bits per heavy atom. The van der Waals surface area contributed by atoms with E-state index in [0.29, 0.717) is 18.1 Å². The fourth-order valence-corrected chi connectivity index (χ4v) is 2.07. The lowest BCUT2D eigenvalue weighted by Gasteiger charge is -2.24. The number of aromatic nitrogens is 1. The third-order valence-corrected chi connectivity index (χ3v) is 3.03. The Labute approximate surface area is 117 Å². The fourth-order valence-electron chi connectivity index (χ4n) is 2.07. The molecule has 3 N–H and O–H groups in total.